The molecule has 1 aromatic carbocycles. The Labute approximate surface area is 125 Å². The van der Waals surface area contributed by atoms with Crippen LogP contribution >= 0.6 is 27.5 Å². The second-order valence-corrected chi connectivity index (χ2v) is 6.79. The molecule has 0 bridgehead atoms. The van der Waals surface area contributed by atoms with E-state index in [-0.39, 0.29) is 10.8 Å². The molecule has 0 saturated carbocycles. The first-order valence-electron chi connectivity index (χ1n) is 5.53. The summed E-state index contributed by atoms with van der Waals surface area (Å²) >= 11 is 8.96. The molecule has 1 unspecified atom stereocenters. The van der Waals surface area contributed by atoms with Gasteiger partial charge in [0.1, 0.15) is 0 Å². The zero-order valence-corrected chi connectivity index (χ0v) is 13.6. The highest BCUT2D eigenvalue weighted by Crippen LogP contribution is 2.25. The van der Waals surface area contributed by atoms with Crippen molar-refractivity contribution in [3.8, 4) is 0 Å². The Kier molecular flexibility index (Phi) is 5.79. The lowest BCUT2D eigenvalue weighted by Gasteiger charge is -2.14. The zero-order chi connectivity index (χ0) is 14.6. The van der Waals surface area contributed by atoms with Crippen LogP contribution in [0.15, 0.2) is 27.6 Å². The third-order valence-electron chi connectivity index (χ3n) is 2.28. The molecule has 5 nitrogen and oxygen atoms in total. The number of nitrogens with one attached hydrogen (secondary N) is 2. The topological polar surface area (TPSA) is 75.3 Å². The molecule has 2 N–H and O–H groups in total. The van der Waals surface area contributed by atoms with Crippen molar-refractivity contribution in [2.24, 2.45) is 0 Å². The van der Waals surface area contributed by atoms with E-state index in [2.05, 4.69) is 26.0 Å². The van der Waals surface area contributed by atoms with E-state index in [1.54, 1.807) is 6.92 Å². The Balaban J connectivity index is 2.92. The average molecular weight is 370 g/mol. The first-order valence-corrected chi connectivity index (χ1v) is 8.18. The molecular formula is C11H14BrClN2O3S. The molecule has 1 amide bonds. The highest BCUT2D eigenvalue weighted by molar-refractivity contribution is 9.10. The van der Waals surface area contributed by atoms with Gasteiger partial charge in [-0.05, 0) is 48.0 Å². The van der Waals surface area contributed by atoms with Crippen molar-refractivity contribution in [3.63, 3.8) is 0 Å². The van der Waals surface area contributed by atoms with Crippen LogP contribution in [-0.4, -0.2) is 26.9 Å². The lowest BCUT2D eigenvalue weighted by Crippen LogP contribution is -2.44. The van der Waals surface area contributed by atoms with Crippen LogP contribution in [-0.2, 0) is 14.8 Å². The Morgan fingerprint density at radius 1 is 1.47 bits per heavy atom. The van der Waals surface area contributed by atoms with Crippen molar-refractivity contribution in [2.45, 2.75) is 24.8 Å². The fraction of sp³-hybridized carbons (Fsp3) is 0.364. The van der Waals surface area contributed by atoms with E-state index in [9.17, 15) is 13.2 Å². The van der Waals surface area contributed by atoms with E-state index in [4.69, 9.17) is 11.6 Å². The molecule has 0 radical (unpaired) electrons. The molecule has 0 aliphatic carbocycles. The van der Waals surface area contributed by atoms with Gasteiger partial charge in [-0.3, -0.25) is 4.79 Å². The van der Waals surface area contributed by atoms with Crippen LogP contribution in [0, 0.1) is 0 Å². The number of benzene rings is 1. The van der Waals surface area contributed by atoms with Gasteiger partial charge in [0.15, 0.2) is 0 Å². The molecule has 0 aliphatic heterocycles. The Morgan fingerprint density at radius 3 is 2.63 bits per heavy atom. The van der Waals surface area contributed by atoms with Gasteiger partial charge >= 0.3 is 0 Å². The number of halogens is 2. The van der Waals surface area contributed by atoms with Crippen LogP contribution in [0.5, 0.6) is 0 Å². The first kappa shape index (κ1) is 16.4. The molecule has 106 valence electrons. The summed E-state index contributed by atoms with van der Waals surface area (Å²) in [5, 5.41) is 2.96. The SMILES string of the molecule is CCNC(=O)C(C)NS(=O)(=O)c1ccc(Cl)c(Br)c1. The molecule has 1 rings (SSSR count). The molecule has 0 saturated heterocycles. The molecule has 1 aromatic rings. The van der Waals surface area contributed by atoms with Crippen LogP contribution in [0.3, 0.4) is 0 Å². The fourth-order valence-electron chi connectivity index (χ4n) is 1.33. The van der Waals surface area contributed by atoms with E-state index in [1.165, 1.54) is 25.1 Å². The summed E-state index contributed by atoms with van der Waals surface area (Å²) < 4.78 is 26.9. The van der Waals surface area contributed by atoms with Crippen molar-refractivity contribution in [1.82, 2.24) is 10.0 Å². The Bertz CT molecular complexity index is 577. The number of hydrogen-bond donors (Lipinski definition) is 2. The minimum Gasteiger partial charge on any atom is -0.355 e. The summed E-state index contributed by atoms with van der Waals surface area (Å²) in [6.45, 7) is 3.68. The predicted octanol–water partition coefficient (Wildman–Crippen LogP) is 1.91. The minimum atomic E-state index is -3.76. The summed E-state index contributed by atoms with van der Waals surface area (Å²) in [5.74, 6) is -0.376. The van der Waals surface area contributed by atoms with Gasteiger partial charge in [0.05, 0.1) is 16.0 Å². The Hall–Kier alpha value is -0.630. The molecule has 1 atom stereocenters. The van der Waals surface area contributed by atoms with Crippen LogP contribution in [0.2, 0.25) is 5.02 Å². The quantitative estimate of drug-likeness (QED) is 0.832. The molecule has 0 aromatic heterocycles. The maximum atomic E-state index is 12.1. The monoisotopic (exact) mass is 368 g/mol. The maximum Gasteiger partial charge on any atom is 0.241 e. The van der Waals surface area contributed by atoms with E-state index >= 15 is 0 Å². The van der Waals surface area contributed by atoms with Crippen molar-refractivity contribution in [3.05, 3.63) is 27.7 Å². The number of likely N-dealkylation sites (N-methyl/N-ethyl adjacent to an activating group) is 1. The van der Waals surface area contributed by atoms with E-state index in [1.807, 2.05) is 0 Å². The van der Waals surface area contributed by atoms with E-state index in [0.29, 0.717) is 16.0 Å². The van der Waals surface area contributed by atoms with Gasteiger partial charge in [-0.2, -0.15) is 4.72 Å². The number of rotatable bonds is 5. The molecular weight excluding hydrogens is 356 g/mol. The molecule has 19 heavy (non-hydrogen) atoms. The van der Waals surface area contributed by atoms with Gasteiger partial charge in [0.2, 0.25) is 15.9 Å². The molecule has 0 fully saturated rings. The summed E-state index contributed by atoms with van der Waals surface area (Å²) in [6.07, 6.45) is 0. The number of sulfonamides is 1. The van der Waals surface area contributed by atoms with E-state index in [0.717, 1.165) is 0 Å². The smallest absolute Gasteiger partial charge is 0.241 e. The number of amides is 1. The maximum absolute atomic E-state index is 12.1. The fourth-order valence-corrected chi connectivity index (χ4v) is 3.20. The number of carbonyl (C=O) groups is 1. The lowest BCUT2D eigenvalue weighted by molar-refractivity contribution is -0.122. The van der Waals surface area contributed by atoms with Gasteiger partial charge in [-0.15, -0.1) is 0 Å². The number of carbonyl (C=O) groups excluding carboxylic acids is 1. The third-order valence-corrected chi connectivity index (χ3v) is 5.03. The Morgan fingerprint density at radius 2 is 2.11 bits per heavy atom. The molecule has 8 heteroatoms. The normalized spacial score (nSPS) is 13.1. The summed E-state index contributed by atoms with van der Waals surface area (Å²) in [7, 11) is -3.76. The van der Waals surface area contributed by atoms with Gasteiger partial charge in [-0.25, -0.2) is 8.42 Å². The zero-order valence-electron chi connectivity index (χ0n) is 10.4. The highest BCUT2D eigenvalue weighted by Gasteiger charge is 2.22. The molecule has 0 heterocycles. The highest BCUT2D eigenvalue weighted by atomic mass is 79.9. The third kappa shape index (κ3) is 4.45. The van der Waals surface area contributed by atoms with Gasteiger partial charge in [0, 0.05) is 11.0 Å². The van der Waals surface area contributed by atoms with Crippen molar-refractivity contribution >= 4 is 43.5 Å². The minimum absolute atomic E-state index is 0.0416. The van der Waals surface area contributed by atoms with Crippen molar-refractivity contribution in [1.29, 1.82) is 0 Å². The van der Waals surface area contributed by atoms with Crippen molar-refractivity contribution < 1.29 is 13.2 Å². The first-order chi connectivity index (χ1) is 8.77. The van der Waals surface area contributed by atoms with E-state index < -0.39 is 16.1 Å². The van der Waals surface area contributed by atoms with Crippen LogP contribution in [0.1, 0.15) is 13.8 Å². The summed E-state index contributed by atoms with van der Waals surface area (Å²) in [5.41, 5.74) is 0. The average Bonchev–Trinajstić information content (AvgIpc) is 2.32. The molecule has 0 aliphatic rings. The van der Waals surface area contributed by atoms with Gasteiger partial charge in [-0.1, -0.05) is 11.6 Å². The second kappa shape index (κ2) is 6.69. The van der Waals surface area contributed by atoms with Gasteiger partial charge in [0.25, 0.3) is 0 Å². The predicted molar refractivity (Wildman–Crippen MR) is 77.6 cm³/mol. The standard InChI is InChI=1S/C11H14BrClN2O3S/c1-3-14-11(16)7(2)15-19(17,18)8-4-5-10(13)9(12)6-8/h4-7,15H,3H2,1-2H3,(H,14,16). The van der Waals surface area contributed by atoms with Crippen LogP contribution < -0.4 is 10.0 Å². The van der Waals surface area contributed by atoms with Gasteiger partial charge < -0.3 is 5.32 Å². The second-order valence-electron chi connectivity index (χ2n) is 3.81. The summed E-state index contributed by atoms with van der Waals surface area (Å²) in [4.78, 5) is 11.5. The van der Waals surface area contributed by atoms with Crippen LogP contribution in [0.25, 0.3) is 0 Å². The summed E-state index contributed by atoms with van der Waals surface area (Å²) in [6, 6.07) is 3.38. The van der Waals surface area contributed by atoms with Crippen LogP contribution in [0.4, 0.5) is 0 Å². The molecule has 0 spiro atoms. The largest absolute Gasteiger partial charge is 0.355 e. The van der Waals surface area contributed by atoms with Crippen molar-refractivity contribution in [2.75, 3.05) is 6.54 Å². The number of hydrogen-bond acceptors (Lipinski definition) is 3. The lowest BCUT2D eigenvalue weighted by atomic mass is 10.3.